The van der Waals surface area contributed by atoms with E-state index in [4.69, 9.17) is 61.9 Å². The zero-order valence-electron chi connectivity index (χ0n) is 50.1. The molecule has 4 bridgehead atoms. The predicted octanol–water partition coefficient (Wildman–Crippen LogP) is 9.71. The molecule has 0 aromatic heterocycles. The fourth-order valence-electron chi connectivity index (χ4n) is 11.4. The van der Waals surface area contributed by atoms with E-state index in [0.717, 1.165) is 53.3 Å². The number of rotatable bonds is 22. The van der Waals surface area contributed by atoms with Crippen LogP contribution in [0.1, 0.15) is 106 Å². The molecule has 466 valence electrons. The van der Waals surface area contributed by atoms with E-state index in [1.165, 1.54) is 38.0 Å². The van der Waals surface area contributed by atoms with Crippen LogP contribution in [-0.2, 0) is 66.0 Å². The van der Waals surface area contributed by atoms with E-state index in [9.17, 15) is 33.9 Å². The number of likely N-dealkylation sites (N-methyl/N-ethyl adjacent to an activating group) is 1. The number of ether oxygens (including phenoxy) is 7. The maximum Gasteiger partial charge on any atom is 0.409 e. The average molecular weight is 1250 g/mol. The molecular formula is C62H79Cl2N7O14S. The van der Waals surface area contributed by atoms with Crippen LogP contribution < -0.4 is 15.0 Å². The lowest BCUT2D eigenvalue weighted by Crippen LogP contribution is -2.63. The molecule has 0 spiro atoms. The van der Waals surface area contributed by atoms with Gasteiger partial charge in [-0.1, -0.05) is 126 Å². The van der Waals surface area contributed by atoms with Crippen LogP contribution in [0, 0.1) is 5.92 Å². The number of benzene rings is 3. The number of azide groups is 1. The van der Waals surface area contributed by atoms with Gasteiger partial charge in [0, 0.05) is 80.8 Å². The number of fused-ring (bicyclic) bond motifs is 5. The molecule has 7 rings (SSSR count). The van der Waals surface area contributed by atoms with Crippen LogP contribution in [0.2, 0.25) is 10.0 Å². The maximum atomic E-state index is 14.9. The number of amides is 4. The highest BCUT2D eigenvalue weighted by molar-refractivity contribution is 8.14. The van der Waals surface area contributed by atoms with Gasteiger partial charge in [-0.3, -0.25) is 24.5 Å². The molecule has 21 nitrogen and oxygen atoms in total. The highest BCUT2D eigenvalue weighted by Gasteiger charge is 2.64. The molecule has 3 aliphatic heterocycles. The van der Waals surface area contributed by atoms with Crippen LogP contribution in [-0.4, -0.2) is 165 Å². The minimum Gasteiger partial charge on any atom is -0.495 e. The summed E-state index contributed by atoms with van der Waals surface area (Å²) in [7, 11) is 5.89. The third-order valence-corrected chi connectivity index (χ3v) is 18.3. The van der Waals surface area contributed by atoms with Crippen molar-refractivity contribution in [2.45, 2.75) is 139 Å². The summed E-state index contributed by atoms with van der Waals surface area (Å²) in [6, 6.07) is 16.9. The Balaban J connectivity index is 1.00. The van der Waals surface area contributed by atoms with Crippen molar-refractivity contribution < 1.29 is 67.0 Å². The van der Waals surface area contributed by atoms with Crippen molar-refractivity contribution in [1.82, 2.24) is 15.1 Å². The van der Waals surface area contributed by atoms with Gasteiger partial charge >= 0.3 is 12.1 Å². The molecule has 1 aliphatic carbocycles. The average Bonchev–Trinajstić information content (AvgIpc) is 1.64. The van der Waals surface area contributed by atoms with Crippen LogP contribution >= 0.6 is 35.0 Å². The van der Waals surface area contributed by atoms with Crippen molar-refractivity contribution in [1.29, 1.82) is 0 Å². The van der Waals surface area contributed by atoms with Gasteiger partial charge in [0.1, 0.15) is 40.7 Å². The summed E-state index contributed by atoms with van der Waals surface area (Å²) in [4.78, 5) is 91.1. The first-order valence-corrected chi connectivity index (χ1v) is 30.6. The molecule has 4 aliphatic rings. The zero-order valence-corrected chi connectivity index (χ0v) is 52.4. The monoisotopic (exact) mass is 1250 g/mol. The molecule has 3 aromatic rings. The number of esters is 1. The summed E-state index contributed by atoms with van der Waals surface area (Å²) < 4.78 is 41.0. The number of hydrogen-bond donors (Lipinski definition) is 2. The van der Waals surface area contributed by atoms with Gasteiger partial charge < -0.3 is 53.0 Å². The number of methoxy groups -OCH3 is 2. The molecule has 8 atom stereocenters. The number of nitrogens with one attached hydrogen (secondary N) is 1. The van der Waals surface area contributed by atoms with E-state index in [2.05, 4.69) is 15.3 Å². The summed E-state index contributed by atoms with van der Waals surface area (Å²) >= 11 is 14.1. The molecule has 0 radical (unpaired) electrons. The summed E-state index contributed by atoms with van der Waals surface area (Å²) in [5, 5.41) is 18.4. The molecule has 3 fully saturated rings. The van der Waals surface area contributed by atoms with E-state index in [0.29, 0.717) is 54.4 Å². The second kappa shape index (κ2) is 30.6. The predicted molar refractivity (Wildman–Crippen MR) is 326 cm³/mol. The number of allylic oxidation sites excluding steroid dienone is 3. The van der Waals surface area contributed by atoms with Gasteiger partial charge in [0.2, 0.25) is 22.8 Å². The van der Waals surface area contributed by atoms with E-state index in [1.807, 2.05) is 54.3 Å². The number of carbonyl (C=O) groups is 6. The van der Waals surface area contributed by atoms with Crippen LogP contribution in [0.15, 0.2) is 89.6 Å². The minimum atomic E-state index is -1.89. The topological polar surface area (TPSA) is 261 Å². The first kappa shape index (κ1) is 67.3. The Bertz CT molecular complexity index is 3010. The Morgan fingerprint density at radius 1 is 1.00 bits per heavy atom. The zero-order chi connectivity index (χ0) is 62.3. The second-order valence-electron chi connectivity index (χ2n) is 22.5. The number of aliphatic hydroxyl groups is 1. The number of epoxide rings is 1. The van der Waals surface area contributed by atoms with Gasteiger partial charge in [0.25, 0.3) is 0 Å². The van der Waals surface area contributed by atoms with Crippen molar-refractivity contribution in [3.8, 4) is 5.75 Å². The van der Waals surface area contributed by atoms with Crippen molar-refractivity contribution in [2.75, 3.05) is 78.5 Å². The SMILES string of the molecule is COc1cc2cc(c1Cl)N(C)C(=O)C[C@@H](OC(=O)[C@@H](C)N(C)C(=O)CCSC(=O)c1ccc(CN(CCOCCOCCN=[N+]=[N-])C(=O)C3(c4ccc(Cl)cc4)CCCCC3)cc1)C1(C)O[C@@H]1[C@@H](C)[C@H]1C[C@](O)(NC(=O)O1)[C@@H](OC)/C=C/C=C(\C)C2. The van der Waals surface area contributed by atoms with Crippen molar-refractivity contribution in [3.63, 3.8) is 0 Å². The van der Waals surface area contributed by atoms with Crippen molar-refractivity contribution in [3.05, 3.63) is 127 Å². The number of halogens is 2. The lowest BCUT2D eigenvalue weighted by molar-refractivity contribution is -0.162. The standard InChI is InChI=1S/C62H79Cl2N7O14S/c1-39-13-12-14-50(80-8)62(78)37-49(83-59(77)67-62)40(2)55-60(4,85-55)51(36-53(73)70(6)47-34-43(33-39)35-48(79-7)54(47)64)84-56(74)41(3)69(5)52(72)23-32-86-57(75)44-17-15-42(16-18-44)38-71(27-29-82-31-30-81-28-26-66-68-65)58(76)61(24-10-9-11-25-61)45-19-21-46(63)22-20-45/h12-22,34-35,40-41,49-51,55,78H,9-11,23-33,36-38H2,1-8H3,(H,67,77)/b14-12+,39-13+/t40-,41+,49+,50-,51+,55+,60?,62+/m0/s1. The lowest BCUT2D eigenvalue weighted by atomic mass is 9.68. The number of hydrogen-bond acceptors (Lipinski definition) is 16. The molecule has 24 heteroatoms. The normalized spacial score (nSPS) is 25.1. The van der Waals surface area contributed by atoms with E-state index < -0.39 is 83.4 Å². The number of thioether (sulfide) groups is 1. The second-order valence-corrected chi connectivity index (χ2v) is 24.4. The minimum absolute atomic E-state index is 0.0125. The Kier molecular flexibility index (Phi) is 24.0. The van der Waals surface area contributed by atoms with Crippen LogP contribution in [0.3, 0.4) is 0 Å². The van der Waals surface area contributed by atoms with E-state index in [1.54, 1.807) is 57.3 Å². The summed E-state index contributed by atoms with van der Waals surface area (Å²) in [6.45, 7) is 8.74. The summed E-state index contributed by atoms with van der Waals surface area (Å²) in [5.74, 6) is -1.96. The van der Waals surface area contributed by atoms with Crippen molar-refractivity contribution >= 4 is 75.6 Å². The molecule has 1 unspecified atom stereocenters. The Morgan fingerprint density at radius 2 is 1.70 bits per heavy atom. The van der Waals surface area contributed by atoms with Crippen LogP contribution in [0.5, 0.6) is 5.75 Å². The molecule has 4 amide bonds. The maximum absolute atomic E-state index is 14.9. The molecule has 3 aromatic carbocycles. The van der Waals surface area contributed by atoms with Crippen molar-refractivity contribution in [2.24, 2.45) is 11.0 Å². The molecule has 1 saturated carbocycles. The molecule has 2 saturated heterocycles. The van der Waals surface area contributed by atoms with E-state index >= 15 is 0 Å². The summed E-state index contributed by atoms with van der Waals surface area (Å²) in [6.07, 6.45) is 4.47. The summed E-state index contributed by atoms with van der Waals surface area (Å²) in [5.41, 5.74) is 8.68. The number of nitrogens with zero attached hydrogens (tertiary/aromatic N) is 6. The Labute approximate surface area is 516 Å². The first-order chi connectivity index (χ1) is 41.1. The van der Waals surface area contributed by atoms with E-state index in [-0.39, 0.29) is 67.5 Å². The fraction of sp³-hybridized carbons (Fsp3) is 0.548. The highest BCUT2D eigenvalue weighted by atomic mass is 35.5. The van der Waals surface area contributed by atoms with Crippen LogP contribution in [0.4, 0.5) is 10.5 Å². The fourth-order valence-corrected chi connectivity index (χ4v) is 12.6. The molecule has 86 heavy (non-hydrogen) atoms. The third kappa shape index (κ3) is 16.7. The highest BCUT2D eigenvalue weighted by Crippen LogP contribution is 2.49. The largest absolute Gasteiger partial charge is 0.495 e. The molecule has 3 heterocycles. The van der Waals surface area contributed by atoms with Gasteiger partial charge in [0.15, 0.2) is 5.72 Å². The molecule has 2 N–H and O–H groups in total. The Hall–Kier alpha value is -6.20. The van der Waals surface area contributed by atoms with Gasteiger partial charge in [-0.2, -0.15) is 0 Å². The number of anilines is 1. The van der Waals surface area contributed by atoms with Crippen LogP contribution in [0.25, 0.3) is 10.4 Å². The Morgan fingerprint density at radius 3 is 2.37 bits per heavy atom. The molecular weight excluding hydrogens is 1170 g/mol. The van der Waals surface area contributed by atoms with Gasteiger partial charge in [-0.25, -0.2) is 9.59 Å². The number of alkyl carbamates (subject to hydrolysis) is 1. The third-order valence-electron chi connectivity index (χ3n) is 16.7. The first-order valence-electron chi connectivity index (χ1n) is 28.9. The quantitative estimate of drug-likeness (QED) is 0.0237. The van der Waals surface area contributed by atoms with Gasteiger partial charge in [0.05, 0.1) is 57.2 Å². The smallest absolute Gasteiger partial charge is 0.409 e. The van der Waals surface area contributed by atoms with Gasteiger partial charge in [-0.15, -0.1) is 0 Å². The number of carbonyl (C=O) groups excluding carboxylic acids is 6. The van der Waals surface area contributed by atoms with Gasteiger partial charge in [-0.05, 0) is 86.5 Å². The lowest BCUT2D eigenvalue weighted by Gasteiger charge is -2.42.